The first-order valence-electron chi connectivity index (χ1n) is 45.9. The fourth-order valence-electron chi connectivity index (χ4n) is 11.9. The summed E-state index contributed by atoms with van der Waals surface area (Å²) < 4.78 is 65.2. The van der Waals surface area contributed by atoms with E-state index in [-0.39, 0.29) is 281 Å². The molecule has 0 aromatic carbocycles. The van der Waals surface area contributed by atoms with E-state index in [1.807, 2.05) is 0 Å². The van der Waals surface area contributed by atoms with E-state index in [0.29, 0.717) is 19.8 Å². The van der Waals surface area contributed by atoms with Gasteiger partial charge in [-0.2, -0.15) is 12.6 Å². The van der Waals surface area contributed by atoms with E-state index < -0.39 is 190 Å². The monoisotopic (exact) mass is 2000 g/mol. The second kappa shape index (κ2) is 85.7. The molecule has 138 heavy (non-hydrogen) atoms. The number of rotatable bonds is 97. The Morgan fingerprint density at radius 1 is 0.261 bits per heavy atom. The lowest BCUT2D eigenvalue weighted by molar-refractivity contribution is -0.135. The lowest BCUT2D eigenvalue weighted by Crippen LogP contribution is -2.60. The standard InChI is InChI=1S/C86H149N15O36S/c1-9-122-46-62(103)21-24-67(96-79(114)55-135-89-6)73(108)16-13-30-126-34-38-130-49-61(102)20-19-59(42-65(106)51-131-39-37-129-33-29-93-84(119)60(43-66(107)50-125-12-4)44-94-77(112)54-134-88-5)83(118)95-45-71(86(121)101-72(58-138)82(87)117)100-85(120)70(99-78(113)53-133-41-36-128-32-15-18-75(110)69(98-81(116)57-137-91-8)26-23-64(105)48-124-11-3)27-28-92-76(111)52-132-40-35-127-31-14-17-74(109)68(97-80(115)56-136-90-7)25-22-63(104)47-123-10-2/h59-60,67-72,88-91,138H,9-58H2,1-8H3,(H2,87,117)(H,92,111)(H,93,119)(H,94,112)(H,95,118)(H,96,114)(H,97,115)(H,98,116)(H,99,113)(H,100,120)(H,101,121). The largest absolute Gasteiger partial charge is 0.379 e. The van der Waals surface area contributed by atoms with Crippen LogP contribution in [0.5, 0.6) is 0 Å². The van der Waals surface area contributed by atoms with E-state index in [0.717, 1.165) is 0 Å². The molecule has 16 N–H and O–H groups in total. The summed E-state index contributed by atoms with van der Waals surface area (Å²) in [6, 6.07) is -7.99. The third-order valence-electron chi connectivity index (χ3n) is 19.1. The molecule has 8 unspecified atom stereocenters. The summed E-state index contributed by atoms with van der Waals surface area (Å²) in [6.45, 7) is 1.06. The van der Waals surface area contributed by atoms with Crippen molar-refractivity contribution in [1.82, 2.24) is 75.1 Å². The fraction of sp³-hybridized carbons (Fsp3) is 0.767. The molecule has 0 aliphatic rings. The van der Waals surface area contributed by atoms with Crippen molar-refractivity contribution in [3.8, 4) is 0 Å². The van der Waals surface area contributed by atoms with E-state index in [1.54, 1.807) is 27.7 Å². The van der Waals surface area contributed by atoms with Crippen molar-refractivity contribution in [3.63, 3.8) is 0 Å². The van der Waals surface area contributed by atoms with Crippen LogP contribution in [0.25, 0.3) is 0 Å². The van der Waals surface area contributed by atoms with Crippen molar-refractivity contribution < 1.29 is 172 Å². The third kappa shape index (κ3) is 70.4. The van der Waals surface area contributed by atoms with Crippen LogP contribution in [-0.4, -0.2) is 398 Å². The maximum atomic E-state index is 14.6. The van der Waals surface area contributed by atoms with Crippen LogP contribution in [0.3, 0.4) is 0 Å². The number of amides is 11. The van der Waals surface area contributed by atoms with Gasteiger partial charge in [0.15, 0.2) is 52.0 Å². The van der Waals surface area contributed by atoms with Gasteiger partial charge in [0.05, 0.1) is 83.5 Å². The Morgan fingerprint density at radius 2 is 0.580 bits per heavy atom. The Hall–Kier alpha value is -9.25. The van der Waals surface area contributed by atoms with Crippen LogP contribution in [0, 0.1) is 11.8 Å². The minimum Gasteiger partial charge on any atom is -0.379 e. The number of hydroxylamine groups is 4. The molecule has 0 radical (unpaired) electrons. The SMILES string of the molecule is CCOCC(=O)CCC(NC(=O)CONC)C(=O)CCCOCCOCC(=O)CCC(CC(=O)COCCOCCNC(=O)C(CNC(=O)CONC)CC(=O)COCC)C(=O)NCC(NC(=O)C(CCNC(=O)COCCOCCCC(=O)C(CCC(=O)COCC)NC(=O)CONC)NC(=O)COCCOCCCC(=O)C(CCC(=O)COCC)NC(=O)CONC)C(=O)NC(CS)C(N)=O. The van der Waals surface area contributed by atoms with Crippen molar-refractivity contribution in [1.29, 1.82) is 0 Å². The topological polar surface area (TPSA) is 684 Å². The highest BCUT2D eigenvalue weighted by atomic mass is 32.1. The number of hydrogen-bond acceptors (Lipinski definition) is 41. The first-order chi connectivity index (χ1) is 66.3. The highest BCUT2D eigenvalue weighted by Gasteiger charge is 2.33. The molecule has 790 valence electrons. The Balaban J connectivity index is 6.89. The highest BCUT2D eigenvalue weighted by molar-refractivity contribution is 7.80. The van der Waals surface area contributed by atoms with Gasteiger partial charge in [-0.15, -0.1) is 0 Å². The number of primary amides is 1. The van der Waals surface area contributed by atoms with E-state index >= 15 is 0 Å². The van der Waals surface area contributed by atoms with Crippen LogP contribution in [0.15, 0.2) is 0 Å². The smallest absolute Gasteiger partial charge is 0.248 e. The van der Waals surface area contributed by atoms with E-state index in [2.05, 4.69) is 87.7 Å². The minimum atomic E-state index is -1.85. The lowest BCUT2D eigenvalue weighted by atomic mass is 9.94. The molecular weight excluding hydrogens is 1850 g/mol. The molecule has 0 fully saturated rings. The van der Waals surface area contributed by atoms with Crippen molar-refractivity contribution in [3.05, 3.63) is 0 Å². The molecule has 0 aliphatic carbocycles. The van der Waals surface area contributed by atoms with E-state index in [1.165, 1.54) is 28.2 Å². The molecule has 0 aromatic rings. The number of thiol groups is 1. The number of Topliss-reactive ketones (excluding diaryl/α,β-unsaturated/α-hetero) is 9. The van der Waals surface area contributed by atoms with Gasteiger partial charge in [0.2, 0.25) is 65.0 Å². The molecule has 8 atom stereocenters. The summed E-state index contributed by atoms with van der Waals surface area (Å²) in [5.74, 6) is -15.0. The first-order valence-corrected chi connectivity index (χ1v) is 46.5. The van der Waals surface area contributed by atoms with Gasteiger partial charge in [0.1, 0.15) is 97.4 Å². The summed E-state index contributed by atoms with van der Waals surface area (Å²) in [6.07, 6.45) is -1.60. The first kappa shape index (κ1) is 129. The van der Waals surface area contributed by atoms with Gasteiger partial charge in [-0.05, 0) is 79.1 Å². The Morgan fingerprint density at radius 3 is 0.986 bits per heavy atom. The Bertz CT molecular complexity index is 3600. The van der Waals surface area contributed by atoms with Gasteiger partial charge < -0.3 is 116 Å². The maximum absolute atomic E-state index is 14.6. The molecule has 0 spiro atoms. The molecular formula is C86H149N15O36S. The van der Waals surface area contributed by atoms with Crippen molar-refractivity contribution in [2.75, 3.05) is 245 Å². The van der Waals surface area contributed by atoms with Crippen LogP contribution in [0.4, 0.5) is 0 Å². The molecule has 0 bridgehead atoms. The Kier molecular flexibility index (Phi) is 80.0. The van der Waals surface area contributed by atoms with E-state index in [9.17, 15) is 95.9 Å². The number of carbonyl (C=O) groups excluding carboxylic acids is 20. The van der Waals surface area contributed by atoms with Gasteiger partial charge in [0, 0.05) is 170 Å². The lowest BCUT2D eigenvalue weighted by Gasteiger charge is -2.25. The molecule has 0 saturated heterocycles. The maximum Gasteiger partial charge on any atom is 0.248 e. The highest BCUT2D eigenvalue weighted by Crippen LogP contribution is 2.16. The minimum absolute atomic E-state index is 0.00216. The normalized spacial score (nSPS) is 12.9. The zero-order valence-corrected chi connectivity index (χ0v) is 81.6. The second-order valence-electron chi connectivity index (χ2n) is 30.2. The molecule has 51 nitrogen and oxygen atoms in total. The zero-order chi connectivity index (χ0) is 103. The van der Waals surface area contributed by atoms with Crippen LogP contribution in [-0.2, 0) is 172 Å². The molecule has 0 saturated carbocycles. The van der Waals surface area contributed by atoms with Gasteiger partial charge in [-0.25, -0.2) is 21.9 Å². The average molecular weight is 2000 g/mol. The summed E-state index contributed by atoms with van der Waals surface area (Å²) in [4.78, 5) is 281. The molecule has 0 aromatic heterocycles. The summed E-state index contributed by atoms with van der Waals surface area (Å²) in [5, 5.41) is 25.3. The molecule has 0 aliphatic heterocycles. The van der Waals surface area contributed by atoms with Gasteiger partial charge >= 0.3 is 0 Å². The van der Waals surface area contributed by atoms with Crippen LogP contribution >= 0.6 is 12.6 Å². The number of ether oxygens (including phenoxy) is 12. The predicted molar refractivity (Wildman–Crippen MR) is 490 cm³/mol. The van der Waals surface area contributed by atoms with Gasteiger partial charge in [-0.1, -0.05) is 0 Å². The van der Waals surface area contributed by atoms with Gasteiger partial charge in [0.25, 0.3) is 0 Å². The number of ketones is 9. The van der Waals surface area contributed by atoms with Crippen molar-refractivity contribution >= 4 is 130 Å². The number of nitrogens with one attached hydrogen (secondary N) is 14. The summed E-state index contributed by atoms with van der Waals surface area (Å²) >= 11 is 4.12. The fourth-order valence-corrected chi connectivity index (χ4v) is 12.2. The third-order valence-corrected chi connectivity index (χ3v) is 19.5. The van der Waals surface area contributed by atoms with Crippen LogP contribution in [0.1, 0.15) is 137 Å². The van der Waals surface area contributed by atoms with Crippen LogP contribution in [0.2, 0.25) is 0 Å². The molecule has 0 heterocycles. The van der Waals surface area contributed by atoms with E-state index in [4.69, 9.17) is 81.9 Å². The van der Waals surface area contributed by atoms with Crippen molar-refractivity contribution in [2.24, 2.45) is 17.6 Å². The predicted octanol–water partition coefficient (Wildman–Crippen LogP) is -6.36. The van der Waals surface area contributed by atoms with Gasteiger partial charge in [-0.3, -0.25) is 115 Å². The summed E-state index contributed by atoms with van der Waals surface area (Å²) in [5.41, 5.74) is 15.0. The number of carbonyl (C=O) groups is 20. The molecule has 0 rings (SSSR count). The molecule has 52 heteroatoms. The second-order valence-corrected chi connectivity index (χ2v) is 30.6. The average Bonchev–Trinajstić information content (AvgIpc) is 0.866. The van der Waals surface area contributed by atoms with Crippen LogP contribution < -0.4 is 80.8 Å². The number of hydrogen-bond donors (Lipinski definition) is 16. The number of nitrogens with two attached hydrogens (primary N) is 1. The van der Waals surface area contributed by atoms with Crippen molar-refractivity contribution in [2.45, 2.75) is 173 Å². The Labute approximate surface area is 809 Å². The summed E-state index contributed by atoms with van der Waals surface area (Å²) in [7, 11) is 5.79. The molecule has 11 amide bonds. The zero-order valence-electron chi connectivity index (χ0n) is 80.7. The quantitative estimate of drug-likeness (QED) is 0.0153.